The lowest BCUT2D eigenvalue weighted by molar-refractivity contribution is 0.317. The molecular formula is C9H16N4O. The fourth-order valence-corrected chi connectivity index (χ4v) is 1.24. The van der Waals surface area contributed by atoms with Crippen LogP contribution in [0.1, 0.15) is 19.5 Å². The van der Waals surface area contributed by atoms with Crippen molar-refractivity contribution in [2.45, 2.75) is 26.8 Å². The zero-order valence-corrected chi connectivity index (χ0v) is 8.51. The van der Waals surface area contributed by atoms with Crippen molar-refractivity contribution in [1.82, 2.24) is 9.78 Å². The Morgan fingerprint density at radius 1 is 1.71 bits per heavy atom. The first kappa shape index (κ1) is 10.6. The Morgan fingerprint density at radius 2 is 2.43 bits per heavy atom. The number of oxime groups is 1. The monoisotopic (exact) mass is 196 g/mol. The molecule has 0 saturated carbocycles. The van der Waals surface area contributed by atoms with Crippen molar-refractivity contribution in [2.24, 2.45) is 16.8 Å². The van der Waals surface area contributed by atoms with Gasteiger partial charge in [-0.05, 0) is 12.0 Å². The summed E-state index contributed by atoms with van der Waals surface area (Å²) in [6.45, 7) is 5.09. The first-order valence-electron chi connectivity index (χ1n) is 4.60. The number of hydrogen-bond acceptors (Lipinski definition) is 3. The van der Waals surface area contributed by atoms with E-state index in [9.17, 15) is 0 Å². The predicted molar refractivity (Wildman–Crippen MR) is 54.2 cm³/mol. The number of nitrogens with two attached hydrogens (primary N) is 1. The summed E-state index contributed by atoms with van der Waals surface area (Å²) in [4.78, 5) is 0. The first-order valence-corrected chi connectivity index (χ1v) is 4.60. The Balaban J connectivity index is 2.72. The summed E-state index contributed by atoms with van der Waals surface area (Å²) in [6, 6.07) is 1.88. The summed E-state index contributed by atoms with van der Waals surface area (Å²) in [5.74, 6) is 0.733. The van der Waals surface area contributed by atoms with Crippen LogP contribution in [0.2, 0.25) is 0 Å². The van der Waals surface area contributed by atoms with Gasteiger partial charge in [0, 0.05) is 18.4 Å². The lowest BCUT2D eigenvalue weighted by atomic mass is 10.2. The van der Waals surface area contributed by atoms with E-state index < -0.39 is 0 Å². The van der Waals surface area contributed by atoms with E-state index in [1.165, 1.54) is 0 Å². The van der Waals surface area contributed by atoms with Gasteiger partial charge in [0.15, 0.2) is 0 Å². The number of aromatic nitrogens is 2. The Hall–Kier alpha value is -1.52. The lowest BCUT2D eigenvalue weighted by Crippen LogP contribution is -2.18. The molecule has 0 radical (unpaired) electrons. The molecule has 0 unspecified atom stereocenters. The third-order valence-corrected chi connectivity index (χ3v) is 1.83. The van der Waals surface area contributed by atoms with Crippen LogP contribution in [0, 0.1) is 5.92 Å². The molecule has 0 saturated heterocycles. The van der Waals surface area contributed by atoms with Gasteiger partial charge >= 0.3 is 0 Å². The molecule has 5 heteroatoms. The highest BCUT2D eigenvalue weighted by molar-refractivity contribution is 5.81. The van der Waals surface area contributed by atoms with Crippen LogP contribution in [0.4, 0.5) is 0 Å². The molecule has 0 amide bonds. The minimum absolute atomic E-state index is 0.204. The van der Waals surface area contributed by atoms with E-state index in [2.05, 4.69) is 24.1 Å². The molecule has 1 heterocycles. The highest BCUT2D eigenvalue weighted by Crippen LogP contribution is 2.04. The summed E-state index contributed by atoms with van der Waals surface area (Å²) < 4.78 is 1.88. The maximum absolute atomic E-state index is 8.44. The first-order chi connectivity index (χ1) is 6.63. The van der Waals surface area contributed by atoms with Crippen molar-refractivity contribution < 1.29 is 5.21 Å². The van der Waals surface area contributed by atoms with Crippen LogP contribution in [0.3, 0.4) is 0 Å². The Bertz CT molecular complexity index is 316. The van der Waals surface area contributed by atoms with Crippen molar-refractivity contribution >= 4 is 5.84 Å². The highest BCUT2D eigenvalue weighted by atomic mass is 16.4. The Labute approximate surface area is 83.2 Å². The Kier molecular flexibility index (Phi) is 3.50. The number of amidine groups is 1. The molecule has 0 aromatic carbocycles. The van der Waals surface area contributed by atoms with Gasteiger partial charge in [0.1, 0.15) is 5.84 Å². The summed E-state index contributed by atoms with van der Waals surface area (Å²) >= 11 is 0. The predicted octanol–water partition coefficient (Wildman–Crippen LogP) is 0.828. The van der Waals surface area contributed by atoms with E-state index in [0.717, 1.165) is 12.2 Å². The summed E-state index contributed by atoms with van der Waals surface area (Å²) in [7, 11) is 0. The molecule has 0 fully saturated rings. The van der Waals surface area contributed by atoms with Crippen molar-refractivity contribution in [3.05, 3.63) is 18.0 Å². The van der Waals surface area contributed by atoms with E-state index in [4.69, 9.17) is 10.9 Å². The van der Waals surface area contributed by atoms with Crippen molar-refractivity contribution in [3.8, 4) is 0 Å². The van der Waals surface area contributed by atoms with Crippen molar-refractivity contribution in [2.75, 3.05) is 0 Å². The summed E-state index contributed by atoms with van der Waals surface area (Å²) in [5.41, 5.74) is 6.39. The summed E-state index contributed by atoms with van der Waals surface area (Å²) in [5, 5.41) is 15.5. The van der Waals surface area contributed by atoms with Crippen LogP contribution >= 0.6 is 0 Å². The molecule has 1 aromatic rings. The number of nitrogens with zero attached hydrogens (tertiary/aromatic N) is 3. The van der Waals surface area contributed by atoms with Gasteiger partial charge in [-0.25, -0.2) is 0 Å². The second-order valence-corrected chi connectivity index (χ2v) is 3.67. The van der Waals surface area contributed by atoms with Crippen LogP contribution in [0.15, 0.2) is 17.4 Å². The van der Waals surface area contributed by atoms with Gasteiger partial charge in [-0.3, -0.25) is 4.68 Å². The molecule has 5 nitrogen and oxygen atoms in total. The molecular weight excluding hydrogens is 180 g/mol. The standard InChI is InChI=1S/C9H16N4O/c1-7(2)6-13-8(3-4-11-13)5-9(10)12-14/h3-4,7,14H,5-6H2,1-2H3,(H2,10,12). The maximum Gasteiger partial charge on any atom is 0.145 e. The largest absolute Gasteiger partial charge is 0.409 e. The fraction of sp³-hybridized carbons (Fsp3) is 0.556. The van der Waals surface area contributed by atoms with Gasteiger partial charge < -0.3 is 10.9 Å². The molecule has 0 aliphatic carbocycles. The van der Waals surface area contributed by atoms with Crippen molar-refractivity contribution in [3.63, 3.8) is 0 Å². The minimum Gasteiger partial charge on any atom is -0.409 e. The van der Waals surface area contributed by atoms with Crippen LogP contribution in [0.5, 0.6) is 0 Å². The van der Waals surface area contributed by atoms with Crippen molar-refractivity contribution in [1.29, 1.82) is 0 Å². The molecule has 0 atom stereocenters. The average Bonchev–Trinajstić information content (AvgIpc) is 2.52. The van der Waals surface area contributed by atoms with Gasteiger partial charge in [-0.15, -0.1) is 0 Å². The normalized spacial score (nSPS) is 12.4. The molecule has 14 heavy (non-hydrogen) atoms. The smallest absolute Gasteiger partial charge is 0.145 e. The fourth-order valence-electron chi connectivity index (χ4n) is 1.24. The number of hydrogen-bond donors (Lipinski definition) is 2. The molecule has 1 aromatic heterocycles. The lowest BCUT2D eigenvalue weighted by Gasteiger charge is -2.08. The highest BCUT2D eigenvalue weighted by Gasteiger charge is 2.06. The molecule has 0 aliphatic heterocycles. The Morgan fingerprint density at radius 3 is 3.00 bits per heavy atom. The third kappa shape index (κ3) is 2.76. The molecule has 1 rings (SSSR count). The second-order valence-electron chi connectivity index (χ2n) is 3.67. The van der Waals surface area contributed by atoms with Gasteiger partial charge in [-0.1, -0.05) is 19.0 Å². The zero-order valence-electron chi connectivity index (χ0n) is 8.51. The molecule has 78 valence electrons. The molecule has 3 N–H and O–H groups in total. The van der Waals surface area contributed by atoms with Crippen LogP contribution < -0.4 is 5.73 Å². The van der Waals surface area contributed by atoms with E-state index in [-0.39, 0.29) is 5.84 Å². The summed E-state index contributed by atoms with van der Waals surface area (Å²) in [6.07, 6.45) is 2.16. The molecule has 0 aliphatic rings. The van der Waals surface area contributed by atoms with Crippen LogP contribution in [-0.2, 0) is 13.0 Å². The second kappa shape index (κ2) is 4.64. The topological polar surface area (TPSA) is 76.4 Å². The van der Waals surface area contributed by atoms with Gasteiger partial charge in [0.05, 0.1) is 6.42 Å². The average molecular weight is 196 g/mol. The van der Waals surface area contributed by atoms with E-state index >= 15 is 0 Å². The SMILES string of the molecule is CC(C)Cn1nccc1C/C(N)=N/O. The van der Waals surface area contributed by atoms with Crippen LogP contribution in [-0.4, -0.2) is 20.8 Å². The van der Waals surface area contributed by atoms with E-state index in [0.29, 0.717) is 12.3 Å². The number of rotatable bonds is 4. The van der Waals surface area contributed by atoms with Gasteiger partial charge in [0.25, 0.3) is 0 Å². The quantitative estimate of drug-likeness (QED) is 0.324. The van der Waals surface area contributed by atoms with E-state index in [1.807, 2.05) is 10.7 Å². The van der Waals surface area contributed by atoms with Crippen LogP contribution in [0.25, 0.3) is 0 Å². The van der Waals surface area contributed by atoms with Gasteiger partial charge in [-0.2, -0.15) is 5.10 Å². The zero-order chi connectivity index (χ0) is 10.6. The molecule has 0 bridgehead atoms. The molecule has 0 spiro atoms. The van der Waals surface area contributed by atoms with E-state index in [1.54, 1.807) is 6.20 Å². The maximum atomic E-state index is 8.44. The minimum atomic E-state index is 0.204. The van der Waals surface area contributed by atoms with Gasteiger partial charge in [0.2, 0.25) is 0 Å². The third-order valence-electron chi connectivity index (χ3n) is 1.83.